The van der Waals surface area contributed by atoms with Gasteiger partial charge in [-0.25, -0.2) is 0 Å². The van der Waals surface area contributed by atoms with Gasteiger partial charge in [0.2, 0.25) is 0 Å². The van der Waals surface area contributed by atoms with Crippen LogP contribution < -0.4 is 0 Å². The summed E-state index contributed by atoms with van der Waals surface area (Å²) in [5.41, 5.74) is 0. The molecule has 0 saturated heterocycles. The Morgan fingerprint density at radius 3 is 1.05 bits per heavy atom. The molecule has 0 aromatic heterocycles. The lowest BCUT2D eigenvalue weighted by molar-refractivity contribution is -0.0320. The number of hydrogen-bond donors (Lipinski definition) is 2. The SMILES string of the molecule is CCCCCCCC(CCCC)OC(CCCC)CCCCCCC.OCCOCCOCCOCCO. The zero-order valence-corrected chi connectivity index (χ0v) is 26.1. The molecule has 2 N–H and O–H groups in total. The fourth-order valence-corrected chi connectivity index (χ4v) is 4.32. The third-order valence-corrected chi connectivity index (χ3v) is 6.62. The predicted molar refractivity (Wildman–Crippen MR) is 161 cm³/mol. The van der Waals surface area contributed by atoms with Gasteiger partial charge in [0, 0.05) is 0 Å². The van der Waals surface area contributed by atoms with Crippen LogP contribution in [-0.4, -0.2) is 75.3 Å². The standard InChI is InChI=1S/C24H50O.C8H18O5/c1-5-9-13-15-17-21-23(19-11-7-3)25-24(20-12-8-4)22-18-16-14-10-6-2;9-1-3-11-5-7-13-8-6-12-4-2-10/h23-24H,5-22H2,1-4H3;9-10H,1-8H2. The second-order valence-corrected chi connectivity index (χ2v) is 10.4. The van der Waals surface area contributed by atoms with E-state index in [4.69, 9.17) is 29.2 Å². The molecule has 2 atom stereocenters. The van der Waals surface area contributed by atoms with Crippen LogP contribution in [0.5, 0.6) is 0 Å². The maximum Gasteiger partial charge on any atom is 0.0701 e. The van der Waals surface area contributed by atoms with Crippen LogP contribution in [0.25, 0.3) is 0 Å². The molecule has 0 aromatic carbocycles. The van der Waals surface area contributed by atoms with Crippen molar-refractivity contribution in [3.05, 3.63) is 0 Å². The fraction of sp³-hybridized carbons (Fsp3) is 1.00. The molecule has 2 unspecified atom stereocenters. The first-order valence-corrected chi connectivity index (χ1v) is 16.3. The van der Waals surface area contributed by atoms with Gasteiger partial charge in [0.1, 0.15) is 0 Å². The molecule has 0 rings (SSSR count). The summed E-state index contributed by atoms with van der Waals surface area (Å²) in [6.07, 6.45) is 25.3. The number of aliphatic hydroxyl groups is 2. The van der Waals surface area contributed by atoms with E-state index in [2.05, 4.69) is 27.7 Å². The van der Waals surface area contributed by atoms with Gasteiger partial charge in [-0.3, -0.25) is 0 Å². The molecule has 0 spiro atoms. The minimum absolute atomic E-state index is 0.0413. The van der Waals surface area contributed by atoms with Crippen molar-refractivity contribution in [3.8, 4) is 0 Å². The highest BCUT2D eigenvalue weighted by Crippen LogP contribution is 2.21. The summed E-state index contributed by atoms with van der Waals surface area (Å²) in [5, 5.41) is 16.7. The molecule has 38 heavy (non-hydrogen) atoms. The minimum Gasteiger partial charge on any atom is -0.394 e. The van der Waals surface area contributed by atoms with Crippen LogP contribution in [0.2, 0.25) is 0 Å². The summed E-state index contributed by atoms with van der Waals surface area (Å²) in [5.74, 6) is 0. The molecule has 0 fully saturated rings. The number of ether oxygens (including phenoxy) is 4. The lowest BCUT2D eigenvalue weighted by Crippen LogP contribution is -2.23. The van der Waals surface area contributed by atoms with Gasteiger partial charge in [0.25, 0.3) is 0 Å². The topological polar surface area (TPSA) is 77.4 Å². The third-order valence-electron chi connectivity index (χ3n) is 6.62. The van der Waals surface area contributed by atoms with Gasteiger partial charge >= 0.3 is 0 Å². The number of aliphatic hydroxyl groups excluding tert-OH is 2. The quantitative estimate of drug-likeness (QED) is 0.0890. The van der Waals surface area contributed by atoms with Crippen LogP contribution in [0.4, 0.5) is 0 Å². The Bertz CT molecular complexity index is 362. The second kappa shape index (κ2) is 36.8. The van der Waals surface area contributed by atoms with Crippen LogP contribution in [0, 0.1) is 0 Å². The van der Waals surface area contributed by atoms with E-state index in [9.17, 15) is 0 Å². The van der Waals surface area contributed by atoms with Crippen molar-refractivity contribution in [1.29, 1.82) is 0 Å². The van der Waals surface area contributed by atoms with Gasteiger partial charge < -0.3 is 29.2 Å². The highest BCUT2D eigenvalue weighted by Gasteiger charge is 2.16. The summed E-state index contributed by atoms with van der Waals surface area (Å²) in [6, 6.07) is 0. The zero-order valence-electron chi connectivity index (χ0n) is 26.1. The summed E-state index contributed by atoms with van der Waals surface area (Å²) in [7, 11) is 0. The maximum atomic E-state index is 8.36. The molecule has 0 saturated carbocycles. The lowest BCUT2D eigenvalue weighted by Gasteiger charge is -2.25. The molecule has 0 heterocycles. The molecule has 0 aliphatic heterocycles. The van der Waals surface area contributed by atoms with E-state index in [-0.39, 0.29) is 13.2 Å². The van der Waals surface area contributed by atoms with Crippen LogP contribution in [-0.2, 0) is 18.9 Å². The lowest BCUT2D eigenvalue weighted by atomic mass is 10.0. The van der Waals surface area contributed by atoms with Crippen molar-refractivity contribution < 1.29 is 29.2 Å². The first kappa shape index (κ1) is 39.9. The minimum atomic E-state index is 0.0413. The van der Waals surface area contributed by atoms with Gasteiger partial charge in [-0.05, 0) is 25.7 Å². The molecular formula is C32H68O6. The maximum absolute atomic E-state index is 8.36. The summed E-state index contributed by atoms with van der Waals surface area (Å²) in [4.78, 5) is 0. The monoisotopic (exact) mass is 549 g/mol. The molecule has 0 amide bonds. The van der Waals surface area contributed by atoms with Crippen LogP contribution >= 0.6 is 0 Å². The molecule has 6 heteroatoms. The van der Waals surface area contributed by atoms with Crippen molar-refractivity contribution in [2.75, 3.05) is 52.9 Å². The molecule has 0 aromatic rings. The predicted octanol–water partition coefficient (Wildman–Crippen LogP) is 7.86. The Morgan fingerprint density at radius 1 is 0.395 bits per heavy atom. The van der Waals surface area contributed by atoms with Gasteiger partial charge in [-0.1, -0.05) is 118 Å². The smallest absolute Gasteiger partial charge is 0.0701 e. The van der Waals surface area contributed by atoms with Gasteiger partial charge in [0.15, 0.2) is 0 Å². The Morgan fingerprint density at radius 2 is 0.711 bits per heavy atom. The van der Waals surface area contributed by atoms with E-state index in [1.165, 1.54) is 116 Å². The number of hydrogen-bond acceptors (Lipinski definition) is 6. The molecular weight excluding hydrogens is 480 g/mol. The first-order chi connectivity index (χ1) is 18.7. The normalized spacial score (nSPS) is 12.8. The van der Waals surface area contributed by atoms with E-state index < -0.39 is 0 Å². The van der Waals surface area contributed by atoms with Crippen LogP contribution in [0.15, 0.2) is 0 Å². The zero-order chi connectivity index (χ0) is 28.4. The molecule has 0 aliphatic rings. The number of rotatable bonds is 30. The Balaban J connectivity index is 0. The van der Waals surface area contributed by atoms with Crippen LogP contribution in [0.3, 0.4) is 0 Å². The molecule has 232 valence electrons. The van der Waals surface area contributed by atoms with Gasteiger partial charge in [-0.2, -0.15) is 0 Å². The molecule has 6 nitrogen and oxygen atoms in total. The summed E-state index contributed by atoms with van der Waals surface area (Å²) >= 11 is 0. The van der Waals surface area contributed by atoms with E-state index in [0.717, 1.165) is 0 Å². The van der Waals surface area contributed by atoms with Crippen molar-refractivity contribution in [2.45, 2.75) is 155 Å². The van der Waals surface area contributed by atoms with Crippen molar-refractivity contribution in [2.24, 2.45) is 0 Å². The van der Waals surface area contributed by atoms with Crippen molar-refractivity contribution in [3.63, 3.8) is 0 Å². The number of unbranched alkanes of at least 4 members (excludes halogenated alkanes) is 10. The van der Waals surface area contributed by atoms with Gasteiger partial charge in [0.05, 0.1) is 65.1 Å². The summed E-state index contributed by atoms with van der Waals surface area (Å²) in [6.45, 7) is 12.0. The molecule has 0 aliphatic carbocycles. The van der Waals surface area contributed by atoms with E-state index in [1.54, 1.807) is 0 Å². The van der Waals surface area contributed by atoms with Crippen molar-refractivity contribution in [1.82, 2.24) is 0 Å². The highest BCUT2D eigenvalue weighted by atomic mass is 16.5. The molecule has 0 radical (unpaired) electrons. The average molecular weight is 549 g/mol. The van der Waals surface area contributed by atoms with Gasteiger partial charge in [-0.15, -0.1) is 0 Å². The molecule has 0 bridgehead atoms. The van der Waals surface area contributed by atoms with E-state index in [0.29, 0.717) is 51.8 Å². The Kier molecular flexibility index (Phi) is 38.6. The Labute approximate surface area is 237 Å². The van der Waals surface area contributed by atoms with E-state index >= 15 is 0 Å². The largest absolute Gasteiger partial charge is 0.394 e. The second-order valence-electron chi connectivity index (χ2n) is 10.4. The summed E-state index contributed by atoms with van der Waals surface area (Å²) < 4.78 is 21.7. The Hall–Kier alpha value is -0.240. The third kappa shape index (κ3) is 33.8. The average Bonchev–Trinajstić information content (AvgIpc) is 2.93. The first-order valence-electron chi connectivity index (χ1n) is 16.3. The highest BCUT2D eigenvalue weighted by molar-refractivity contribution is 4.66. The van der Waals surface area contributed by atoms with E-state index in [1.807, 2.05) is 0 Å². The van der Waals surface area contributed by atoms with Crippen molar-refractivity contribution >= 4 is 0 Å². The fourth-order valence-electron chi connectivity index (χ4n) is 4.32. The van der Waals surface area contributed by atoms with Crippen LogP contribution in [0.1, 0.15) is 143 Å².